The molecule has 7 nitrogen and oxygen atoms in total. The van der Waals surface area contributed by atoms with Crippen molar-refractivity contribution in [2.75, 3.05) is 5.32 Å². The summed E-state index contributed by atoms with van der Waals surface area (Å²) in [6, 6.07) is 3.00. The lowest BCUT2D eigenvalue weighted by Crippen LogP contribution is -2.26. The molecule has 2 aromatic heterocycles. The van der Waals surface area contributed by atoms with E-state index in [4.69, 9.17) is 4.42 Å². The minimum Gasteiger partial charge on any atom is -0.459 e. The van der Waals surface area contributed by atoms with E-state index in [1.807, 2.05) is 4.98 Å². The number of carbonyl (C=O) groups excluding carboxylic acids is 1. The molecule has 0 fully saturated rings. The first-order chi connectivity index (χ1) is 7.66. The summed E-state index contributed by atoms with van der Waals surface area (Å²) in [5.41, 5.74) is -1.37. The quantitative estimate of drug-likeness (QED) is 0.658. The highest BCUT2D eigenvalue weighted by atomic mass is 16.3. The van der Waals surface area contributed by atoms with Crippen molar-refractivity contribution < 1.29 is 9.21 Å². The molecular weight excluding hydrogens is 214 g/mol. The Balaban J connectivity index is 2.25. The summed E-state index contributed by atoms with van der Waals surface area (Å²) in [6.07, 6.45) is 2.45. The number of amides is 1. The van der Waals surface area contributed by atoms with E-state index in [-0.39, 0.29) is 11.4 Å². The van der Waals surface area contributed by atoms with Gasteiger partial charge in [-0.05, 0) is 12.1 Å². The van der Waals surface area contributed by atoms with Gasteiger partial charge in [0.25, 0.3) is 11.5 Å². The Morgan fingerprint density at radius 2 is 2.19 bits per heavy atom. The standard InChI is InChI=1S/C9H7N3O4/c13-7-5(4-10-9(15)12-7)11-8(14)6-2-1-3-16-6/h1-4H,(H,11,14)(H2,10,12,13,15). The van der Waals surface area contributed by atoms with Crippen LogP contribution in [-0.2, 0) is 0 Å². The van der Waals surface area contributed by atoms with Crippen molar-refractivity contribution in [3.8, 4) is 0 Å². The Morgan fingerprint density at radius 1 is 1.38 bits per heavy atom. The number of hydrogen-bond donors (Lipinski definition) is 3. The molecule has 3 N–H and O–H groups in total. The predicted octanol–water partition coefficient (Wildman–Crippen LogP) is -0.0915. The minimum atomic E-state index is -0.677. The highest BCUT2D eigenvalue weighted by Crippen LogP contribution is 2.03. The monoisotopic (exact) mass is 221 g/mol. The summed E-state index contributed by atoms with van der Waals surface area (Å²) in [4.78, 5) is 37.6. The van der Waals surface area contributed by atoms with Gasteiger partial charge < -0.3 is 14.7 Å². The van der Waals surface area contributed by atoms with E-state index in [2.05, 4.69) is 10.3 Å². The minimum absolute atomic E-state index is 0.0546. The van der Waals surface area contributed by atoms with Crippen LogP contribution in [0.15, 0.2) is 38.6 Å². The molecule has 0 bridgehead atoms. The molecule has 7 heteroatoms. The fraction of sp³-hybridized carbons (Fsp3) is 0. The van der Waals surface area contributed by atoms with Crippen molar-refractivity contribution in [1.82, 2.24) is 9.97 Å². The number of furan rings is 1. The van der Waals surface area contributed by atoms with Crippen LogP contribution < -0.4 is 16.6 Å². The molecule has 0 aliphatic heterocycles. The van der Waals surface area contributed by atoms with E-state index in [1.165, 1.54) is 12.3 Å². The van der Waals surface area contributed by atoms with E-state index in [0.717, 1.165) is 6.20 Å². The van der Waals surface area contributed by atoms with Crippen LogP contribution in [0, 0.1) is 0 Å². The number of nitrogens with one attached hydrogen (secondary N) is 3. The van der Waals surface area contributed by atoms with E-state index in [0.29, 0.717) is 0 Å². The Morgan fingerprint density at radius 3 is 2.81 bits per heavy atom. The smallest absolute Gasteiger partial charge is 0.325 e. The molecule has 0 unspecified atom stereocenters. The van der Waals surface area contributed by atoms with Gasteiger partial charge in [-0.15, -0.1) is 0 Å². The number of hydrogen-bond acceptors (Lipinski definition) is 4. The second-order valence-electron chi connectivity index (χ2n) is 2.92. The lowest BCUT2D eigenvalue weighted by atomic mass is 10.4. The summed E-state index contributed by atoms with van der Waals surface area (Å²) in [6.45, 7) is 0. The predicted molar refractivity (Wildman–Crippen MR) is 54.3 cm³/mol. The Hall–Kier alpha value is -2.57. The zero-order chi connectivity index (χ0) is 11.5. The third kappa shape index (κ3) is 1.92. The van der Waals surface area contributed by atoms with Gasteiger partial charge in [-0.2, -0.15) is 0 Å². The summed E-state index contributed by atoms with van der Waals surface area (Å²) in [5.74, 6) is -0.492. The molecule has 16 heavy (non-hydrogen) atoms. The maximum absolute atomic E-state index is 11.5. The van der Waals surface area contributed by atoms with Crippen LogP contribution in [0.5, 0.6) is 0 Å². The topological polar surface area (TPSA) is 108 Å². The van der Waals surface area contributed by atoms with E-state index in [1.54, 1.807) is 6.07 Å². The molecule has 0 saturated carbocycles. The van der Waals surface area contributed by atoms with Gasteiger partial charge >= 0.3 is 5.69 Å². The lowest BCUT2D eigenvalue weighted by Gasteiger charge is -2.00. The fourth-order valence-corrected chi connectivity index (χ4v) is 1.09. The van der Waals surface area contributed by atoms with Crippen LogP contribution in [0.1, 0.15) is 10.6 Å². The maximum Gasteiger partial charge on any atom is 0.325 e. The second-order valence-corrected chi connectivity index (χ2v) is 2.92. The molecule has 0 radical (unpaired) electrons. The number of rotatable bonds is 2. The van der Waals surface area contributed by atoms with Gasteiger partial charge in [0, 0.05) is 6.20 Å². The van der Waals surface area contributed by atoms with Gasteiger partial charge in [-0.25, -0.2) is 4.79 Å². The van der Waals surface area contributed by atoms with Gasteiger partial charge in [-0.3, -0.25) is 14.6 Å². The molecule has 0 saturated heterocycles. The Bertz CT molecular complexity index is 608. The van der Waals surface area contributed by atoms with E-state index in [9.17, 15) is 14.4 Å². The van der Waals surface area contributed by atoms with Crippen molar-refractivity contribution in [3.63, 3.8) is 0 Å². The summed E-state index contributed by atoms with van der Waals surface area (Å²) in [7, 11) is 0. The Kier molecular flexibility index (Phi) is 2.42. The fourth-order valence-electron chi connectivity index (χ4n) is 1.09. The Labute approximate surface area is 88.1 Å². The molecule has 1 amide bonds. The van der Waals surface area contributed by atoms with Crippen LogP contribution in [0.25, 0.3) is 0 Å². The molecule has 0 atom stereocenters. The van der Waals surface area contributed by atoms with Crippen LogP contribution in [-0.4, -0.2) is 15.9 Å². The van der Waals surface area contributed by atoms with Crippen LogP contribution in [0.2, 0.25) is 0 Å². The summed E-state index contributed by atoms with van der Waals surface area (Å²) in [5, 5.41) is 2.29. The molecule has 0 spiro atoms. The van der Waals surface area contributed by atoms with Crippen LogP contribution >= 0.6 is 0 Å². The van der Waals surface area contributed by atoms with E-state index >= 15 is 0 Å². The number of H-pyrrole nitrogens is 2. The summed E-state index contributed by atoms with van der Waals surface area (Å²) < 4.78 is 4.83. The molecule has 0 aliphatic carbocycles. The third-order valence-corrected chi connectivity index (χ3v) is 1.81. The molecular formula is C9H7N3O4. The molecule has 0 aliphatic rings. The highest BCUT2D eigenvalue weighted by Gasteiger charge is 2.10. The lowest BCUT2D eigenvalue weighted by molar-refractivity contribution is 0.0996. The number of aromatic nitrogens is 2. The number of carbonyl (C=O) groups is 1. The molecule has 2 rings (SSSR count). The molecule has 82 valence electrons. The zero-order valence-electron chi connectivity index (χ0n) is 7.94. The SMILES string of the molecule is O=C(Nc1c[nH]c(=O)[nH]c1=O)c1ccco1. The largest absolute Gasteiger partial charge is 0.459 e. The maximum atomic E-state index is 11.5. The van der Waals surface area contributed by atoms with Gasteiger partial charge in [0.05, 0.1) is 6.26 Å². The first-order valence-electron chi connectivity index (χ1n) is 4.33. The van der Waals surface area contributed by atoms with Gasteiger partial charge in [0.1, 0.15) is 5.69 Å². The van der Waals surface area contributed by atoms with Crippen LogP contribution in [0.3, 0.4) is 0 Å². The molecule has 2 aromatic rings. The number of aromatic amines is 2. The third-order valence-electron chi connectivity index (χ3n) is 1.81. The first kappa shape index (κ1) is 9.97. The average Bonchev–Trinajstić information content (AvgIpc) is 2.75. The normalized spacial score (nSPS) is 10.0. The molecule has 0 aromatic carbocycles. The highest BCUT2D eigenvalue weighted by molar-refractivity contribution is 6.01. The first-order valence-corrected chi connectivity index (χ1v) is 4.33. The van der Waals surface area contributed by atoms with Crippen molar-refractivity contribution in [2.45, 2.75) is 0 Å². The van der Waals surface area contributed by atoms with E-state index < -0.39 is 17.2 Å². The number of anilines is 1. The van der Waals surface area contributed by atoms with Crippen molar-refractivity contribution in [3.05, 3.63) is 51.2 Å². The van der Waals surface area contributed by atoms with Gasteiger partial charge in [0.15, 0.2) is 5.76 Å². The zero-order valence-corrected chi connectivity index (χ0v) is 7.94. The van der Waals surface area contributed by atoms with Gasteiger partial charge in [-0.1, -0.05) is 0 Å². The van der Waals surface area contributed by atoms with Crippen molar-refractivity contribution in [2.24, 2.45) is 0 Å². The van der Waals surface area contributed by atoms with Crippen molar-refractivity contribution in [1.29, 1.82) is 0 Å². The molecule has 2 heterocycles. The van der Waals surface area contributed by atoms with Crippen LogP contribution in [0.4, 0.5) is 5.69 Å². The van der Waals surface area contributed by atoms with Crippen molar-refractivity contribution >= 4 is 11.6 Å². The second kappa shape index (κ2) is 3.89. The van der Waals surface area contributed by atoms with Gasteiger partial charge in [0.2, 0.25) is 0 Å². The average molecular weight is 221 g/mol. The summed E-state index contributed by atoms with van der Waals surface area (Å²) >= 11 is 0.